The van der Waals surface area contributed by atoms with Crippen LogP contribution in [0.15, 0.2) is 0 Å². The number of hydrogen-bond donors (Lipinski definition) is 3. The first-order valence-corrected chi connectivity index (χ1v) is 2.94. The second kappa shape index (κ2) is 6.76. The van der Waals surface area contributed by atoms with E-state index in [1.807, 2.05) is 0 Å². The van der Waals surface area contributed by atoms with Gasteiger partial charge >= 0.3 is 28.7 Å². The fourth-order valence-electron chi connectivity index (χ4n) is 0. The molecule has 0 amide bonds. The maximum absolute atomic E-state index is 8.69. The van der Waals surface area contributed by atoms with Crippen molar-refractivity contribution in [1.29, 1.82) is 0 Å². The zero-order chi connectivity index (χ0) is 6.50. The first-order valence-electron chi connectivity index (χ1n) is 0.965. The van der Waals surface area contributed by atoms with E-state index in [1.54, 1.807) is 0 Å². The van der Waals surface area contributed by atoms with Crippen molar-refractivity contribution in [2.45, 2.75) is 0 Å². The summed E-state index contributed by atoms with van der Waals surface area (Å²) < 4.78 is 33.1. The monoisotopic (exact) mass is 170 g/mol. The Morgan fingerprint density at radius 2 is 1.12 bits per heavy atom. The molecule has 0 rings (SSSR count). The number of nitrogens with two attached hydrogens (primary N) is 2. The van der Waals surface area contributed by atoms with Crippen LogP contribution in [0.2, 0.25) is 0 Å². The van der Waals surface area contributed by atoms with Gasteiger partial charge in [0.1, 0.15) is 0 Å². The molecule has 7 N–H and O–H groups in total. The first-order chi connectivity index (χ1) is 3.00. The SMILES string of the molecule is NN.O.[O]=[Mn](=[O])(=[O])[OH]. The zero-order valence-electron chi connectivity index (χ0n) is 3.70. The van der Waals surface area contributed by atoms with Gasteiger partial charge in [-0.3, -0.25) is 11.7 Å². The Balaban J connectivity index is -0.0000000750. The van der Waals surface area contributed by atoms with Gasteiger partial charge in [0, 0.05) is 0 Å². The molecule has 0 radical (unpaired) electrons. The Kier molecular flexibility index (Phi) is 13.2. The topological polar surface area (TPSA) is 155 Å². The molecule has 0 aromatic carbocycles. The van der Waals surface area contributed by atoms with Crippen LogP contribution in [0.4, 0.5) is 0 Å². The van der Waals surface area contributed by atoms with E-state index in [0.29, 0.717) is 0 Å². The van der Waals surface area contributed by atoms with E-state index in [2.05, 4.69) is 11.7 Å². The summed E-state index contributed by atoms with van der Waals surface area (Å²) in [7, 11) is 0. The number of hydrazine groups is 1. The molecule has 0 atom stereocenters. The van der Waals surface area contributed by atoms with Crippen LogP contribution in [0.3, 0.4) is 0 Å². The molecule has 0 spiro atoms. The molecule has 0 aliphatic heterocycles. The Hall–Kier alpha value is -0.241. The van der Waals surface area contributed by atoms with E-state index in [-0.39, 0.29) is 5.48 Å². The summed E-state index contributed by atoms with van der Waals surface area (Å²) in [5, 5.41) is 0. The summed E-state index contributed by atoms with van der Waals surface area (Å²) in [5.74, 6) is 8.00. The number of hydrogen-bond acceptors (Lipinski definition) is 5. The summed E-state index contributed by atoms with van der Waals surface area (Å²) >= 11 is -5.38. The normalized spacial score (nSPS) is 7.88. The van der Waals surface area contributed by atoms with Crippen LogP contribution < -0.4 is 11.7 Å². The van der Waals surface area contributed by atoms with Gasteiger partial charge in [-0.05, 0) is 0 Å². The maximum atomic E-state index is 8.69. The molecule has 0 saturated heterocycles. The number of rotatable bonds is 0. The van der Waals surface area contributed by atoms with Gasteiger partial charge in [-0.2, -0.15) is 0 Å². The average molecular weight is 170 g/mol. The van der Waals surface area contributed by atoms with Crippen molar-refractivity contribution in [3.05, 3.63) is 0 Å². The van der Waals surface area contributed by atoms with Gasteiger partial charge < -0.3 is 5.48 Å². The molecule has 0 unspecified atom stereocenters. The second-order valence-corrected chi connectivity index (χ2v) is 1.63. The van der Waals surface area contributed by atoms with Crippen molar-refractivity contribution in [3.63, 3.8) is 0 Å². The van der Waals surface area contributed by atoms with Crippen molar-refractivity contribution >= 4 is 0 Å². The van der Waals surface area contributed by atoms with E-state index < -0.39 is 13.0 Å². The Labute approximate surface area is 46.7 Å². The van der Waals surface area contributed by atoms with Crippen molar-refractivity contribution < 1.29 is 34.1 Å². The zero-order valence-corrected chi connectivity index (χ0v) is 4.89. The molecule has 0 aliphatic rings. The summed E-state index contributed by atoms with van der Waals surface area (Å²) in [4.78, 5) is 0. The van der Waals surface area contributed by atoms with Crippen LogP contribution >= 0.6 is 0 Å². The quantitative estimate of drug-likeness (QED) is 0.201. The minimum absolute atomic E-state index is 0. The van der Waals surface area contributed by atoms with Crippen LogP contribution in [0.1, 0.15) is 0 Å². The molecule has 0 bridgehead atoms. The predicted octanol–water partition coefficient (Wildman–Crippen LogP) is -2.92. The molecular weight excluding hydrogens is 163 g/mol. The van der Waals surface area contributed by atoms with Crippen LogP contribution in [0.5, 0.6) is 0 Å². The molecule has 0 aromatic rings. The Morgan fingerprint density at radius 3 is 1.12 bits per heavy atom. The average Bonchev–Trinajstić information content (AvgIpc) is 1.36. The van der Waals surface area contributed by atoms with E-state index >= 15 is 0 Å². The van der Waals surface area contributed by atoms with Crippen molar-refractivity contribution in [2.75, 3.05) is 0 Å². The molecule has 0 aliphatic carbocycles. The molecule has 8 heteroatoms. The van der Waals surface area contributed by atoms with Gasteiger partial charge in [0.05, 0.1) is 0 Å². The molecule has 8 heavy (non-hydrogen) atoms. The molecule has 0 aromatic heterocycles. The molecule has 0 heterocycles. The molecule has 54 valence electrons. The van der Waals surface area contributed by atoms with Gasteiger partial charge in [-0.25, -0.2) is 0 Å². The third-order valence-electron chi connectivity index (χ3n) is 0. The summed E-state index contributed by atoms with van der Waals surface area (Å²) in [6.07, 6.45) is 0. The predicted molar refractivity (Wildman–Crippen MR) is 16.3 cm³/mol. The van der Waals surface area contributed by atoms with E-state index in [4.69, 9.17) is 15.7 Å². The molecular formula is H7MnN2O5. The Bertz CT molecular complexity index is 132. The molecule has 0 saturated carbocycles. The third kappa shape index (κ3) is 2260. The van der Waals surface area contributed by atoms with Gasteiger partial charge in [0.2, 0.25) is 0 Å². The van der Waals surface area contributed by atoms with Crippen LogP contribution in [-0.4, -0.2) is 9.67 Å². The van der Waals surface area contributed by atoms with Gasteiger partial charge in [0.25, 0.3) is 0 Å². The second-order valence-electron chi connectivity index (χ2n) is 0.396. The summed E-state index contributed by atoms with van der Waals surface area (Å²) in [6.45, 7) is 0. The fraction of sp³-hybridized carbons (Fsp3) is 0. The Morgan fingerprint density at radius 1 is 1.12 bits per heavy atom. The van der Waals surface area contributed by atoms with E-state index in [1.165, 1.54) is 0 Å². The van der Waals surface area contributed by atoms with E-state index in [0.717, 1.165) is 0 Å². The summed E-state index contributed by atoms with van der Waals surface area (Å²) in [5.41, 5.74) is 0. The third-order valence-corrected chi connectivity index (χ3v) is 0. The van der Waals surface area contributed by atoms with Gasteiger partial charge in [0.15, 0.2) is 0 Å². The van der Waals surface area contributed by atoms with Crippen LogP contribution in [-0.2, 0) is 24.5 Å². The molecule has 7 nitrogen and oxygen atoms in total. The first kappa shape index (κ1) is 15.7. The van der Waals surface area contributed by atoms with Gasteiger partial charge in [-0.15, -0.1) is 0 Å². The van der Waals surface area contributed by atoms with Crippen molar-refractivity contribution in [1.82, 2.24) is 0 Å². The van der Waals surface area contributed by atoms with Crippen molar-refractivity contribution in [3.8, 4) is 0 Å². The van der Waals surface area contributed by atoms with Crippen molar-refractivity contribution in [2.24, 2.45) is 11.7 Å². The standard InChI is InChI=1S/Mn.H4N2.2H2O.3O/c;1-2;;;;;/h;1-2H2;2*1H2;;;/q+1;;;;;;/p-1. The summed E-state index contributed by atoms with van der Waals surface area (Å²) in [6, 6.07) is 0. The fourth-order valence-corrected chi connectivity index (χ4v) is 0. The molecule has 0 fully saturated rings. The van der Waals surface area contributed by atoms with E-state index in [9.17, 15) is 0 Å². The van der Waals surface area contributed by atoms with Gasteiger partial charge in [-0.1, -0.05) is 0 Å². The van der Waals surface area contributed by atoms with Crippen LogP contribution in [0, 0.1) is 0 Å². The van der Waals surface area contributed by atoms with Crippen LogP contribution in [0.25, 0.3) is 0 Å². The minimum atomic E-state index is -5.38.